The van der Waals surface area contributed by atoms with Gasteiger partial charge in [0.25, 0.3) is 5.91 Å². The Hall–Kier alpha value is -3.09. The van der Waals surface area contributed by atoms with Gasteiger partial charge in [-0.2, -0.15) is 5.10 Å². The molecule has 156 valence electrons. The van der Waals surface area contributed by atoms with Crippen molar-refractivity contribution < 1.29 is 9.59 Å². The van der Waals surface area contributed by atoms with Gasteiger partial charge in [-0.25, -0.2) is 0 Å². The Morgan fingerprint density at radius 3 is 2.40 bits per heavy atom. The van der Waals surface area contributed by atoms with Crippen LogP contribution in [0.1, 0.15) is 47.3 Å². The summed E-state index contributed by atoms with van der Waals surface area (Å²) in [5, 5.41) is 4.63. The van der Waals surface area contributed by atoms with Crippen LogP contribution in [0.25, 0.3) is 6.08 Å². The molecule has 7 nitrogen and oxygen atoms in total. The number of rotatable bonds is 5. The molecule has 30 heavy (non-hydrogen) atoms. The zero-order valence-electron chi connectivity index (χ0n) is 17.5. The van der Waals surface area contributed by atoms with E-state index in [4.69, 9.17) is 0 Å². The molecule has 0 aromatic carbocycles. The Kier molecular flexibility index (Phi) is 4.60. The first-order chi connectivity index (χ1) is 14.5. The molecule has 0 atom stereocenters. The summed E-state index contributed by atoms with van der Waals surface area (Å²) in [6.45, 7) is 5.27. The van der Waals surface area contributed by atoms with Crippen molar-refractivity contribution in [3.05, 3.63) is 58.7 Å². The molecule has 0 radical (unpaired) electrons. The molecule has 0 spiro atoms. The molecule has 0 unspecified atom stereocenters. The molecule has 2 aliphatic heterocycles. The van der Waals surface area contributed by atoms with Crippen LogP contribution in [-0.4, -0.2) is 62.1 Å². The van der Waals surface area contributed by atoms with E-state index in [2.05, 4.69) is 5.10 Å². The van der Waals surface area contributed by atoms with E-state index in [1.807, 2.05) is 63.8 Å². The van der Waals surface area contributed by atoms with Crippen LogP contribution in [0.3, 0.4) is 0 Å². The number of aromatic nitrogens is 3. The van der Waals surface area contributed by atoms with E-state index < -0.39 is 0 Å². The molecule has 3 aliphatic rings. The summed E-state index contributed by atoms with van der Waals surface area (Å²) < 4.78 is 3.83. The lowest BCUT2D eigenvalue weighted by Gasteiger charge is -2.22. The fraction of sp³-hybridized carbons (Fsp3) is 0.435. The number of amides is 2. The fourth-order valence-electron chi connectivity index (χ4n) is 4.37. The van der Waals surface area contributed by atoms with Crippen molar-refractivity contribution in [1.82, 2.24) is 24.1 Å². The average Bonchev–Trinajstić information content (AvgIpc) is 3.09. The van der Waals surface area contributed by atoms with Crippen molar-refractivity contribution in [2.75, 3.05) is 26.2 Å². The normalized spacial score (nSPS) is 18.7. The first kappa shape index (κ1) is 18.9. The number of hydrogen-bond donors (Lipinski definition) is 0. The lowest BCUT2D eigenvalue weighted by atomic mass is 10.1. The number of hydrogen-bond acceptors (Lipinski definition) is 3. The lowest BCUT2D eigenvalue weighted by Crippen LogP contribution is -2.36. The topological polar surface area (TPSA) is 63.4 Å². The first-order valence-electron chi connectivity index (χ1n) is 10.7. The lowest BCUT2D eigenvalue weighted by molar-refractivity contribution is -0.124. The van der Waals surface area contributed by atoms with Gasteiger partial charge in [0.1, 0.15) is 0 Å². The molecule has 1 aliphatic carbocycles. The van der Waals surface area contributed by atoms with E-state index >= 15 is 0 Å². The van der Waals surface area contributed by atoms with Gasteiger partial charge in [0.15, 0.2) is 0 Å². The predicted molar refractivity (Wildman–Crippen MR) is 114 cm³/mol. The molecular weight excluding hydrogens is 378 g/mol. The van der Waals surface area contributed by atoms with Gasteiger partial charge in [-0.05, 0) is 48.6 Å². The highest BCUT2D eigenvalue weighted by atomic mass is 16.2. The summed E-state index contributed by atoms with van der Waals surface area (Å²) in [4.78, 5) is 29.5. The maximum atomic E-state index is 13.2. The smallest absolute Gasteiger partial charge is 0.257 e. The second-order valence-corrected chi connectivity index (χ2v) is 8.56. The van der Waals surface area contributed by atoms with Gasteiger partial charge >= 0.3 is 0 Å². The van der Waals surface area contributed by atoms with Crippen LogP contribution in [0.4, 0.5) is 0 Å². The largest absolute Gasteiger partial charge is 0.357 e. The summed E-state index contributed by atoms with van der Waals surface area (Å²) in [6, 6.07) is 1.98. The van der Waals surface area contributed by atoms with E-state index in [1.165, 1.54) is 11.1 Å². The van der Waals surface area contributed by atoms with Crippen molar-refractivity contribution >= 4 is 17.9 Å². The van der Waals surface area contributed by atoms with E-state index in [9.17, 15) is 9.59 Å². The molecule has 4 heterocycles. The van der Waals surface area contributed by atoms with Gasteiger partial charge in [-0.1, -0.05) is 0 Å². The average molecular weight is 406 g/mol. The van der Waals surface area contributed by atoms with Crippen molar-refractivity contribution in [2.24, 2.45) is 7.05 Å². The van der Waals surface area contributed by atoms with Crippen LogP contribution in [0, 0.1) is 0 Å². The number of nitrogens with zero attached hydrogens (tertiary/aromatic N) is 5. The Bertz CT molecular complexity index is 1050. The van der Waals surface area contributed by atoms with Crippen molar-refractivity contribution in [1.29, 1.82) is 0 Å². The Balaban J connectivity index is 1.21. The standard InChI is InChI=1S/C23H27N5O2/c1-3-28-15-20(22(24-28)17-5-6-17)23(30)27-13-18-11-26(12-19(18)14-27)21(29)7-4-16-8-9-25(2)10-16/h4,7-10,15,17H,3,5-6,11-14H2,1-2H3/b7-4+. The monoisotopic (exact) mass is 405 g/mol. The molecular formula is C23H27N5O2. The Labute approximate surface area is 176 Å². The van der Waals surface area contributed by atoms with Gasteiger partial charge in [-0.3, -0.25) is 14.3 Å². The summed E-state index contributed by atoms with van der Waals surface area (Å²) >= 11 is 0. The maximum Gasteiger partial charge on any atom is 0.257 e. The quantitative estimate of drug-likeness (QED) is 0.567. The zero-order valence-corrected chi connectivity index (χ0v) is 17.5. The van der Waals surface area contributed by atoms with Crippen LogP contribution >= 0.6 is 0 Å². The van der Waals surface area contributed by atoms with E-state index in [1.54, 1.807) is 6.08 Å². The van der Waals surface area contributed by atoms with Crippen LogP contribution < -0.4 is 0 Å². The maximum absolute atomic E-state index is 13.2. The predicted octanol–water partition coefficient (Wildman–Crippen LogP) is 2.43. The van der Waals surface area contributed by atoms with Crippen molar-refractivity contribution in [3.63, 3.8) is 0 Å². The molecule has 5 rings (SSSR count). The highest BCUT2D eigenvalue weighted by Crippen LogP contribution is 2.41. The van der Waals surface area contributed by atoms with Gasteiger partial charge in [0.2, 0.25) is 5.91 Å². The van der Waals surface area contributed by atoms with E-state index in [0.29, 0.717) is 32.1 Å². The van der Waals surface area contributed by atoms with Crippen LogP contribution in [0.15, 0.2) is 41.9 Å². The summed E-state index contributed by atoms with van der Waals surface area (Å²) in [6.07, 6.45) is 11.6. The Morgan fingerprint density at radius 1 is 1.10 bits per heavy atom. The third kappa shape index (κ3) is 3.49. The number of aryl methyl sites for hydroxylation is 2. The van der Waals surface area contributed by atoms with Crippen molar-refractivity contribution in [2.45, 2.75) is 32.2 Å². The molecule has 0 saturated heterocycles. The third-order valence-corrected chi connectivity index (χ3v) is 6.21. The van der Waals surface area contributed by atoms with Gasteiger partial charge < -0.3 is 14.4 Å². The third-order valence-electron chi connectivity index (χ3n) is 6.21. The molecule has 0 bridgehead atoms. The highest BCUT2D eigenvalue weighted by Gasteiger charge is 2.37. The molecule has 7 heteroatoms. The number of carbonyl (C=O) groups excluding carboxylic acids is 2. The van der Waals surface area contributed by atoms with Gasteiger partial charge in [0, 0.05) is 70.4 Å². The number of carbonyl (C=O) groups is 2. The van der Waals surface area contributed by atoms with E-state index in [-0.39, 0.29) is 11.8 Å². The highest BCUT2D eigenvalue weighted by molar-refractivity contribution is 5.96. The summed E-state index contributed by atoms with van der Waals surface area (Å²) in [7, 11) is 1.96. The molecule has 2 aromatic rings. The second kappa shape index (κ2) is 7.31. The zero-order chi connectivity index (χ0) is 20.8. The first-order valence-corrected chi connectivity index (χ1v) is 10.7. The van der Waals surface area contributed by atoms with Crippen LogP contribution in [0.5, 0.6) is 0 Å². The van der Waals surface area contributed by atoms with Crippen molar-refractivity contribution in [3.8, 4) is 0 Å². The SMILES string of the molecule is CCn1cc(C(=O)N2CC3=C(CN(C(=O)/C=C/c4ccn(C)c4)C3)C2)c(C2CC2)n1. The molecule has 1 saturated carbocycles. The summed E-state index contributed by atoms with van der Waals surface area (Å²) in [5.74, 6) is 0.544. The van der Waals surface area contributed by atoms with Crippen LogP contribution in [0.2, 0.25) is 0 Å². The van der Waals surface area contributed by atoms with E-state index in [0.717, 1.165) is 36.2 Å². The Morgan fingerprint density at radius 2 is 1.80 bits per heavy atom. The fourth-order valence-corrected chi connectivity index (χ4v) is 4.37. The summed E-state index contributed by atoms with van der Waals surface area (Å²) in [5.41, 5.74) is 5.17. The second-order valence-electron chi connectivity index (χ2n) is 8.56. The molecule has 0 N–H and O–H groups in total. The molecule has 1 fully saturated rings. The minimum absolute atomic E-state index is 0.0198. The van der Waals surface area contributed by atoms with Crippen LogP contribution in [-0.2, 0) is 18.4 Å². The molecule has 2 aromatic heterocycles. The minimum Gasteiger partial charge on any atom is -0.357 e. The molecule has 2 amide bonds. The van der Waals surface area contributed by atoms with Gasteiger partial charge in [0.05, 0.1) is 11.3 Å². The minimum atomic E-state index is 0.0198. The van der Waals surface area contributed by atoms with Gasteiger partial charge in [-0.15, -0.1) is 0 Å².